The summed E-state index contributed by atoms with van der Waals surface area (Å²) in [4.78, 5) is 0. The number of rotatable bonds is 0. The van der Waals surface area contributed by atoms with Crippen molar-refractivity contribution in [2.75, 3.05) is 13.2 Å². The van der Waals surface area contributed by atoms with Gasteiger partial charge >= 0.3 is 0 Å². The highest BCUT2D eigenvalue weighted by Crippen LogP contribution is 2.66. The minimum Gasteiger partial charge on any atom is -0.375 e. The molecule has 2 heterocycles. The van der Waals surface area contributed by atoms with Crippen molar-refractivity contribution in [1.29, 1.82) is 0 Å². The molecule has 0 aromatic rings. The summed E-state index contributed by atoms with van der Waals surface area (Å²) in [6.45, 7) is 22.0. The lowest BCUT2D eigenvalue weighted by Gasteiger charge is -2.60. The Morgan fingerprint density at radius 3 is 1.21 bits per heavy atom. The molecule has 2 aliphatic heterocycles. The number of ether oxygens (including phenoxy) is 2. The fourth-order valence-electron chi connectivity index (χ4n) is 11.6. The van der Waals surface area contributed by atoms with E-state index in [-0.39, 0.29) is 11.2 Å². The zero-order chi connectivity index (χ0) is 24.6. The zero-order valence-electron chi connectivity index (χ0n) is 24.0. The second kappa shape index (κ2) is 8.21. The van der Waals surface area contributed by atoms with Crippen molar-refractivity contribution >= 4 is 0 Å². The standard InChI is InChI=1S/2C16H28O/c2*1-14(2)8-5-9-15(3)12(14)6-10-16(4)13(15)7-11-17-16/h2*12-13H,5-11H2,1-4H3. The van der Waals surface area contributed by atoms with Crippen LogP contribution in [0.3, 0.4) is 0 Å². The second-order valence-electron chi connectivity index (χ2n) is 15.9. The third-order valence-corrected chi connectivity index (χ3v) is 13.2. The fraction of sp³-hybridized carbons (Fsp3) is 1.00. The van der Waals surface area contributed by atoms with Crippen molar-refractivity contribution in [3.05, 3.63) is 0 Å². The van der Waals surface area contributed by atoms with Gasteiger partial charge in [-0.05, 0) is 123 Å². The van der Waals surface area contributed by atoms with Crippen LogP contribution in [0.25, 0.3) is 0 Å². The Morgan fingerprint density at radius 1 is 0.441 bits per heavy atom. The van der Waals surface area contributed by atoms with Gasteiger partial charge in [-0.15, -0.1) is 0 Å². The molecule has 0 spiro atoms. The first-order chi connectivity index (χ1) is 15.8. The van der Waals surface area contributed by atoms with Gasteiger partial charge in [0.2, 0.25) is 0 Å². The summed E-state index contributed by atoms with van der Waals surface area (Å²) < 4.78 is 12.3. The molecule has 2 heteroatoms. The molecule has 4 saturated carbocycles. The molecule has 34 heavy (non-hydrogen) atoms. The lowest BCUT2D eigenvalue weighted by Crippen LogP contribution is -2.55. The molecule has 6 fully saturated rings. The third kappa shape index (κ3) is 3.77. The molecular formula is C32H56O2. The van der Waals surface area contributed by atoms with Crippen LogP contribution in [0.2, 0.25) is 0 Å². The van der Waals surface area contributed by atoms with E-state index in [2.05, 4.69) is 55.4 Å². The van der Waals surface area contributed by atoms with Gasteiger partial charge in [0.05, 0.1) is 11.2 Å². The largest absolute Gasteiger partial charge is 0.375 e. The van der Waals surface area contributed by atoms with Crippen LogP contribution in [0.4, 0.5) is 0 Å². The lowest BCUT2D eigenvalue weighted by molar-refractivity contribution is -0.147. The summed E-state index contributed by atoms with van der Waals surface area (Å²) in [6.07, 6.45) is 16.5. The van der Waals surface area contributed by atoms with E-state index in [1.54, 1.807) is 0 Å². The quantitative estimate of drug-likeness (QED) is 0.350. The molecule has 0 bridgehead atoms. The van der Waals surface area contributed by atoms with E-state index in [1.165, 1.54) is 77.0 Å². The summed E-state index contributed by atoms with van der Waals surface area (Å²) in [5, 5.41) is 0. The van der Waals surface area contributed by atoms with E-state index in [9.17, 15) is 0 Å². The van der Waals surface area contributed by atoms with Crippen LogP contribution in [-0.4, -0.2) is 24.4 Å². The van der Waals surface area contributed by atoms with Gasteiger partial charge in [0.25, 0.3) is 0 Å². The van der Waals surface area contributed by atoms with Crippen LogP contribution in [0.15, 0.2) is 0 Å². The van der Waals surface area contributed by atoms with Gasteiger partial charge < -0.3 is 9.47 Å². The highest BCUT2D eigenvalue weighted by molar-refractivity contribution is 5.10. The lowest BCUT2D eigenvalue weighted by atomic mass is 9.45. The molecule has 0 radical (unpaired) electrons. The molecule has 0 amide bonds. The summed E-state index contributed by atoms with van der Waals surface area (Å²) in [5.74, 6) is 3.47. The molecule has 2 saturated heterocycles. The molecule has 0 N–H and O–H groups in total. The van der Waals surface area contributed by atoms with Crippen molar-refractivity contribution in [1.82, 2.24) is 0 Å². The monoisotopic (exact) mass is 472 g/mol. The number of hydrogen-bond acceptors (Lipinski definition) is 2. The van der Waals surface area contributed by atoms with Crippen LogP contribution in [0.1, 0.15) is 132 Å². The van der Waals surface area contributed by atoms with Crippen LogP contribution in [0, 0.1) is 45.3 Å². The molecule has 196 valence electrons. The van der Waals surface area contributed by atoms with E-state index in [4.69, 9.17) is 9.47 Å². The summed E-state index contributed by atoms with van der Waals surface area (Å²) in [6, 6.07) is 0. The topological polar surface area (TPSA) is 18.5 Å². The maximum absolute atomic E-state index is 6.13. The van der Waals surface area contributed by atoms with Gasteiger partial charge in [-0.2, -0.15) is 0 Å². The first-order valence-electron chi connectivity index (χ1n) is 15.0. The first-order valence-corrected chi connectivity index (χ1v) is 15.0. The Morgan fingerprint density at radius 2 is 0.824 bits per heavy atom. The average Bonchev–Trinajstić information content (AvgIpc) is 3.31. The molecule has 0 aromatic carbocycles. The maximum atomic E-state index is 6.13. The van der Waals surface area contributed by atoms with Gasteiger partial charge in [0, 0.05) is 13.2 Å². The maximum Gasteiger partial charge on any atom is 0.0688 e. The Bertz CT molecular complexity index is 699. The molecule has 2 nitrogen and oxygen atoms in total. The van der Waals surface area contributed by atoms with E-state index >= 15 is 0 Å². The Balaban J connectivity index is 0.000000142. The van der Waals surface area contributed by atoms with Gasteiger partial charge in [0.15, 0.2) is 0 Å². The van der Waals surface area contributed by atoms with Crippen molar-refractivity contribution in [2.45, 2.75) is 144 Å². The van der Waals surface area contributed by atoms with Gasteiger partial charge in [-0.1, -0.05) is 54.4 Å². The Hall–Kier alpha value is -0.0800. The van der Waals surface area contributed by atoms with E-state index in [0.717, 1.165) is 36.9 Å². The minimum absolute atomic E-state index is 0.207. The van der Waals surface area contributed by atoms with Crippen LogP contribution < -0.4 is 0 Å². The number of hydrogen-bond donors (Lipinski definition) is 0. The predicted molar refractivity (Wildman–Crippen MR) is 142 cm³/mol. The highest BCUT2D eigenvalue weighted by atomic mass is 16.5. The van der Waals surface area contributed by atoms with Gasteiger partial charge in [-0.25, -0.2) is 0 Å². The molecule has 8 atom stereocenters. The normalized spacial score (nSPS) is 52.9. The molecule has 0 aromatic heterocycles. The van der Waals surface area contributed by atoms with E-state index < -0.39 is 0 Å². The summed E-state index contributed by atoms with van der Waals surface area (Å²) >= 11 is 0. The van der Waals surface area contributed by atoms with Crippen molar-refractivity contribution in [2.24, 2.45) is 45.3 Å². The molecule has 6 rings (SSSR count). The van der Waals surface area contributed by atoms with Gasteiger partial charge in [-0.3, -0.25) is 0 Å². The van der Waals surface area contributed by atoms with Crippen molar-refractivity contribution < 1.29 is 9.47 Å². The molecular weight excluding hydrogens is 416 g/mol. The first kappa shape index (κ1) is 25.6. The SMILES string of the molecule is CC1(C)CCCC2(C)C1CCC1(C)OCCC12.CC1(C)CCCC2(C)C1CCC1(C)OCCC12. The average molecular weight is 473 g/mol. The van der Waals surface area contributed by atoms with Crippen molar-refractivity contribution in [3.63, 3.8) is 0 Å². The van der Waals surface area contributed by atoms with Crippen molar-refractivity contribution in [3.8, 4) is 0 Å². The van der Waals surface area contributed by atoms with Gasteiger partial charge in [0.1, 0.15) is 0 Å². The molecule has 4 aliphatic carbocycles. The molecule has 8 unspecified atom stereocenters. The number of fused-ring (bicyclic) bond motifs is 6. The van der Waals surface area contributed by atoms with Crippen LogP contribution in [0.5, 0.6) is 0 Å². The molecule has 6 aliphatic rings. The predicted octanol–water partition coefficient (Wildman–Crippen LogP) is 8.82. The smallest absolute Gasteiger partial charge is 0.0688 e. The highest BCUT2D eigenvalue weighted by Gasteiger charge is 2.61. The van der Waals surface area contributed by atoms with E-state index in [0.29, 0.717) is 21.7 Å². The third-order valence-electron chi connectivity index (χ3n) is 13.2. The minimum atomic E-state index is 0.207. The fourth-order valence-corrected chi connectivity index (χ4v) is 11.6. The van der Waals surface area contributed by atoms with E-state index in [1.807, 2.05) is 0 Å². The summed E-state index contributed by atoms with van der Waals surface area (Å²) in [7, 11) is 0. The second-order valence-corrected chi connectivity index (χ2v) is 15.9. The summed E-state index contributed by atoms with van der Waals surface area (Å²) in [5.41, 5.74) is 2.61. The Labute approximate surface area is 211 Å². The van der Waals surface area contributed by atoms with Crippen LogP contribution >= 0.6 is 0 Å². The Kier molecular flexibility index (Phi) is 6.17. The van der Waals surface area contributed by atoms with Crippen LogP contribution in [-0.2, 0) is 9.47 Å². The zero-order valence-corrected chi connectivity index (χ0v) is 24.0.